The van der Waals surface area contributed by atoms with Crippen molar-refractivity contribution in [3.8, 4) is 5.75 Å². The van der Waals surface area contributed by atoms with E-state index in [0.29, 0.717) is 13.3 Å². The highest BCUT2D eigenvalue weighted by molar-refractivity contribution is 9.10. The summed E-state index contributed by atoms with van der Waals surface area (Å²) >= 11 is 3.57. The standard InChI is InChI=1S/C17H28BrN3O2Si/c1-20(2)6-7-23-17-11-16-15(10-14(17)18)19-12-21(16)13-22-8-9-24(3,4)5/h10-12H,6-9,13H2,1-5H3. The molecule has 7 heteroatoms. The Bertz CT molecular complexity index is 668. The topological polar surface area (TPSA) is 39.5 Å². The molecule has 0 bridgehead atoms. The highest BCUT2D eigenvalue weighted by atomic mass is 79.9. The Hall–Kier alpha value is -0.893. The van der Waals surface area contributed by atoms with Crippen LogP contribution in [0.25, 0.3) is 11.0 Å². The summed E-state index contributed by atoms with van der Waals surface area (Å²) in [5, 5.41) is 0. The van der Waals surface area contributed by atoms with E-state index >= 15 is 0 Å². The number of rotatable bonds is 9. The quantitative estimate of drug-likeness (QED) is 0.459. The van der Waals surface area contributed by atoms with Crippen molar-refractivity contribution in [2.45, 2.75) is 32.4 Å². The van der Waals surface area contributed by atoms with Crippen molar-refractivity contribution in [3.63, 3.8) is 0 Å². The van der Waals surface area contributed by atoms with Gasteiger partial charge in [0.05, 0.1) is 21.8 Å². The second-order valence-corrected chi connectivity index (χ2v) is 14.0. The van der Waals surface area contributed by atoms with Crippen LogP contribution in [-0.4, -0.2) is 56.4 Å². The van der Waals surface area contributed by atoms with Crippen LogP contribution in [0.3, 0.4) is 0 Å². The van der Waals surface area contributed by atoms with Gasteiger partial charge in [-0.05, 0) is 42.1 Å². The van der Waals surface area contributed by atoms with Crippen LogP contribution < -0.4 is 4.74 Å². The predicted octanol–water partition coefficient (Wildman–Crippen LogP) is 4.05. The zero-order valence-electron chi connectivity index (χ0n) is 15.3. The SMILES string of the molecule is CN(C)CCOc1cc2c(cc1Br)ncn2COCC[Si](C)(C)C. The molecule has 0 saturated carbocycles. The van der Waals surface area contributed by atoms with Crippen LogP contribution >= 0.6 is 15.9 Å². The van der Waals surface area contributed by atoms with Crippen molar-refractivity contribution in [2.24, 2.45) is 0 Å². The molecule has 0 amide bonds. The van der Waals surface area contributed by atoms with Crippen LogP contribution in [-0.2, 0) is 11.5 Å². The molecule has 0 radical (unpaired) electrons. The minimum Gasteiger partial charge on any atom is -0.491 e. The molecule has 5 nitrogen and oxygen atoms in total. The molecule has 0 aliphatic rings. The Morgan fingerprint density at radius 2 is 1.96 bits per heavy atom. The molecule has 0 aliphatic carbocycles. The number of hydrogen-bond acceptors (Lipinski definition) is 4. The van der Waals surface area contributed by atoms with Crippen molar-refractivity contribution >= 4 is 35.0 Å². The smallest absolute Gasteiger partial charge is 0.135 e. The molecule has 0 spiro atoms. The lowest BCUT2D eigenvalue weighted by Crippen LogP contribution is -2.22. The Kier molecular flexibility index (Phi) is 6.85. The summed E-state index contributed by atoms with van der Waals surface area (Å²) < 4.78 is 14.7. The third-order valence-corrected chi connectivity index (χ3v) is 6.02. The zero-order chi connectivity index (χ0) is 17.7. The number of imidazole rings is 1. The lowest BCUT2D eigenvalue weighted by atomic mass is 10.3. The van der Waals surface area contributed by atoms with E-state index in [2.05, 4.69) is 45.5 Å². The Morgan fingerprint density at radius 3 is 2.62 bits per heavy atom. The molecule has 1 aromatic heterocycles. The van der Waals surface area contributed by atoms with Gasteiger partial charge in [-0.15, -0.1) is 0 Å². The first kappa shape index (κ1) is 19.4. The zero-order valence-corrected chi connectivity index (χ0v) is 17.9. The Morgan fingerprint density at radius 1 is 1.21 bits per heavy atom. The molecule has 134 valence electrons. The highest BCUT2D eigenvalue weighted by Crippen LogP contribution is 2.30. The van der Waals surface area contributed by atoms with Crippen LogP contribution in [0.1, 0.15) is 0 Å². The molecule has 0 aliphatic heterocycles. The molecule has 1 aromatic carbocycles. The first-order valence-corrected chi connectivity index (χ1v) is 12.8. The number of likely N-dealkylation sites (N-methyl/N-ethyl adjacent to an activating group) is 1. The van der Waals surface area contributed by atoms with Crippen molar-refractivity contribution in [3.05, 3.63) is 22.9 Å². The van der Waals surface area contributed by atoms with Gasteiger partial charge >= 0.3 is 0 Å². The van der Waals surface area contributed by atoms with Crippen molar-refractivity contribution in [2.75, 3.05) is 33.9 Å². The van der Waals surface area contributed by atoms with E-state index in [0.717, 1.165) is 34.4 Å². The van der Waals surface area contributed by atoms with Crippen molar-refractivity contribution in [1.29, 1.82) is 0 Å². The van der Waals surface area contributed by atoms with E-state index in [-0.39, 0.29) is 0 Å². The summed E-state index contributed by atoms with van der Waals surface area (Å²) in [5.74, 6) is 0.841. The number of benzene rings is 1. The van der Waals surface area contributed by atoms with Gasteiger partial charge in [0.1, 0.15) is 19.1 Å². The van der Waals surface area contributed by atoms with Gasteiger partial charge in [0, 0.05) is 27.3 Å². The maximum atomic E-state index is 5.89. The molecule has 0 unspecified atom stereocenters. The molecule has 0 saturated heterocycles. The third-order valence-electron chi connectivity index (χ3n) is 3.70. The molecule has 2 aromatic rings. The van der Waals surface area contributed by atoms with Crippen LogP contribution in [0.2, 0.25) is 25.7 Å². The van der Waals surface area contributed by atoms with Crippen LogP contribution in [0.5, 0.6) is 5.75 Å². The van der Waals surface area contributed by atoms with Crippen LogP contribution in [0.15, 0.2) is 22.9 Å². The fourth-order valence-electron chi connectivity index (χ4n) is 2.15. The van der Waals surface area contributed by atoms with Crippen molar-refractivity contribution in [1.82, 2.24) is 14.5 Å². The van der Waals surface area contributed by atoms with Crippen LogP contribution in [0, 0.1) is 0 Å². The summed E-state index contributed by atoms with van der Waals surface area (Å²) in [5.41, 5.74) is 1.97. The first-order chi connectivity index (χ1) is 11.3. The summed E-state index contributed by atoms with van der Waals surface area (Å²) in [4.78, 5) is 6.55. The van der Waals surface area contributed by atoms with Gasteiger partial charge in [-0.25, -0.2) is 4.98 Å². The maximum Gasteiger partial charge on any atom is 0.135 e. The fraction of sp³-hybridized carbons (Fsp3) is 0.588. The van der Waals surface area contributed by atoms with E-state index in [4.69, 9.17) is 9.47 Å². The number of fused-ring (bicyclic) bond motifs is 1. The predicted molar refractivity (Wildman–Crippen MR) is 106 cm³/mol. The average molecular weight is 414 g/mol. The summed E-state index contributed by atoms with van der Waals surface area (Å²) in [6.45, 7) is 9.94. The molecule has 0 atom stereocenters. The van der Waals surface area contributed by atoms with Gasteiger partial charge in [-0.1, -0.05) is 19.6 Å². The van der Waals surface area contributed by atoms with Crippen molar-refractivity contribution < 1.29 is 9.47 Å². The van der Waals surface area contributed by atoms with Gasteiger partial charge in [-0.3, -0.25) is 0 Å². The molecular weight excluding hydrogens is 386 g/mol. The molecule has 1 heterocycles. The molecule has 0 N–H and O–H groups in total. The normalized spacial score (nSPS) is 12.3. The number of aromatic nitrogens is 2. The Balaban J connectivity index is 2.03. The maximum absolute atomic E-state index is 5.89. The fourth-order valence-corrected chi connectivity index (χ4v) is 3.36. The van der Waals surface area contributed by atoms with E-state index < -0.39 is 8.07 Å². The lowest BCUT2D eigenvalue weighted by molar-refractivity contribution is 0.0898. The van der Waals surface area contributed by atoms with Gasteiger partial charge < -0.3 is 18.9 Å². The van der Waals surface area contributed by atoms with Crippen LogP contribution in [0.4, 0.5) is 0 Å². The number of nitrogens with zero attached hydrogens (tertiary/aromatic N) is 3. The van der Waals surface area contributed by atoms with E-state index in [1.165, 1.54) is 6.04 Å². The lowest BCUT2D eigenvalue weighted by Gasteiger charge is -2.16. The second-order valence-electron chi connectivity index (χ2n) is 7.49. The second kappa shape index (κ2) is 8.47. The van der Waals surface area contributed by atoms with Gasteiger partial charge in [0.2, 0.25) is 0 Å². The monoisotopic (exact) mass is 413 g/mol. The molecule has 24 heavy (non-hydrogen) atoms. The molecular formula is C17H28BrN3O2Si. The van der Waals surface area contributed by atoms with Gasteiger partial charge in [0.15, 0.2) is 0 Å². The van der Waals surface area contributed by atoms with E-state index in [1.54, 1.807) is 0 Å². The third kappa shape index (κ3) is 5.88. The summed E-state index contributed by atoms with van der Waals surface area (Å²) in [6.07, 6.45) is 1.83. The van der Waals surface area contributed by atoms with E-state index in [9.17, 15) is 0 Å². The molecule has 0 fully saturated rings. The summed E-state index contributed by atoms with van der Waals surface area (Å²) in [7, 11) is 3.02. The minimum absolute atomic E-state index is 0.528. The number of halogens is 1. The molecule has 2 rings (SSSR count). The number of hydrogen-bond donors (Lipinski definition) is 0. The summed E-state index contributed by atoms with van der Waals surface area (Å²) in [6, 6.07) is 5.20. The Labute approximate surface area is 154 Å². The largest absolute Gasteiger partial charge is 0.491 e. The first-order valence-electron chi connectivity index (χ1n) is 8.26. The highest BCUT2D eigenvalue weighted by Gasteiger charge is 2.13. The number of ether oxygens (including phenoxy) is 2. The van der Waals surface area contributed by atoms with Gasteiger partial charge in [-0.2, -0.15) is 0 Å². The van der Waals surface area contributed by atoms with Gasteiger partial charge in [0.25, 0.3) is 0 Å². The average Bonchev–Trinajstić information content (AvgIpc) is 2.84. The van der Waals surface area contributed by atoms with E-state index in [1.807, 2.05) is 37.1 Å². The minimum atomic E-state index is -1.05.